The lowest BCUT2D eigenvalue weighted by atomic mass is 9.81. The summed E-state index contributed by atoms with van der Waals surface area (Å²) in [5.41, 5.74) is 0.292. The Morgan fingerprint density at radius 2 is 1.81 bits per heavy atom. The zero-order valence-corrected chi connectivity index (χ0v) is 12.5. The molecule has 1 aliphatic carbocycles. The van der Waals surface area contributed by atoms with Gasteiger partial charge in [-0.15, -0.1) is 0 Å². The van der Waals surface area contributed by atoms with E-state index in [1.807, 2.05) is 13.1 Å². The lowest BCUT2D eigenvalue weighted by Gasteiger charge is -2.27. The van der Waals surface area contributed by atoms with E-state index in [0.29, 0.717) is 5.92 Å². The molecular formula is C17H24F3N. The van der Waals surface area contributed by atoms with Crippen LogP contribution in [0.3, 0.4) is 0 Å². The summed E-state index contributed by atoms with van der Waals surface area (Å²) in [6.45, 7) is 0.742. The molecule has 0 amide bonds. The molecule has 0 radical (unpaired) electrons. The maximum absolute atomic E-state index is 12.9. The van der Waals surface area contributed by atoms with Gasteiger partial charge >= 0.3 is 6.18 Å². The van der Waals surface area contributed by atoms with Crippen molar-refractivity contribution in [1.29, 1.82) is 0 Å². The Hall–Kier alpha value is -1.03. The number of halogens is 3. The number of hydrogen-bond donors (Lipinski definition) is 1. The quantitative estimate of drug-likeness (QED) is 0.773. The molecule has 1 saturated carbocycles. The normalized spacial score (nSPS) is 19.2. The van der Waals surface area contributed by atoms with Gasteiger partial charge in [-0.05, 0) is 43.4 Å². The van der Waals surface area contributed by atoms with Crippen molar-refractivity contribution in [1.82, 2.24) is 5.32 Å². The first-order valence-corrected chi connectivity index (χ1v) is 7.84. The molecular weight excluding hydrogens is 275 g/mol. The summed E-state index contributed by atoms with van der Waals surface area (Å²) < 4.78 is 38.7. The zero-order chi connectivity index (χ0) is 15.3. The maximum Gasteiger partial charge on any atom is 0.416 e. The van der Waals surface area contributed by atoms with E-state index in [4.69, 9.17) is 0 Å². The molecule has 118 valence electrons. The number of alkyl halides is 3. The number of likely N-dealkylation sites (N-methyl/N-ethyl adjacent to an activating group) is 1. The van der Waals surface area contributed by atoms with Crippen molar-refractivity contribution < 1.29 is 13.2 Å². The van der Waals surface area contributed by atoms with Crippen LogP contribution < -0.4 is 5.32 Å². The van der Waals surface area contributed by atoms with Gasteiger partial charge < -0.3 is 5.32 Å². The van der Waals surface area contributed by atoms with Crippen molar-refractivity contribution in [3.63, 3.8) is 0 Å². The van der Waals surface area contributed by atoms with Crippen LogP contribution in [0.2, 0.25) is 0 Å². The standard InChI is InChI=1S/C17H24F3N/c1-21-12-16(13-7-4-2-3-5-8-13)14-9-6-10-15(11-14)17(18,19)20/h6,9-11,13,16,21H,2-5,7-8,12H2,1H3. The minimum Gasteiger partial charge on any atom is -0.319 e. The monoisotopic (exact) mass is 299 g/mol. The Morgan fingerprint density at radius 1 is 1.14 bits per heavy atom. The third-order valence-electron chi connectivity index (χ3n) is 4.54. The molecule has 0 aromatic heterocycles. The Balaban J connectivity index is 2.24. The molecule has 4 heteroatoms. The van der Waals surface area contributed by atoms with Crippen LogP contribution in [0.1, 0.15) is 55.6 Å². The van der Waals surface area contributed by atoms with Gasteiger partial charge in [0.2, 0.25) is 0 Å². The fourth-order valence-corrected chi connectivity index (χ4v) is 3.44. The fourth-order valence-electron chi connectivity index (χ4n) is 3.44. The van der Waals surface area contributed by atoms with Gasteiger partial charge in [-0.2, -0.15) is 13.2 Å². The molecule has 1 aliphatic rings. The third-order valence-corrected chi connectivity index (χ3v) is 4.54. The molecule has 1 unspecified atom stereocenters. The lowest BCUT2D eigenvalue weighted by Crippen LogP contribution is -2.24. The zero-order valence-electron chi connectivity index (χ0n) is 12.5. The minimum absolute atomic E-state index is 0.176. The largest absolute Gasteiger partial charge is 0.416 e. The predicted octanol–water partition coefficient (Wildman–Crippen LogP) is 4.98. The maximum atomic E-state index is 12.9. The van der Waals surface area contributed by atoms with Crippen LogP contribution in [0.4, 0.5) is 13.2 Å². The molecule has 1 nitrogen and oxygen atoms in total. The van der Waals surface area contributed by atoms with Crippen molar-refractivity contribution in [2.45, 2.75) is 50.6 Å². The molecule has 1 aromatic rings. The smallest absolute Gasteiger partial charge is 0.319 e. The van der Waals surface area contributed by atoms with Crippen LogP contribution in [0.25, 0.3) is 0 Å². The number of rotatable bonds is 4. The summed E-state index contributed by atoms with van der Waals surface area (Å²) >= 11 is 0. The van der Waals surface area contributed by atoms with Gasteiger partial charge in [0.15, 0.2) is 0 Å². The van der Waals surface area contributed by atoms with Gasteiger partial charge in [0.1, 0.15) is 0 Å². The molecule has 0 heterocycles. The van der Waals surface area contributed by atoms with E-state index in [-0.39, 0.29) is 5.92 Å². The van der Waals surface area contributed by atoms with Crippen molar-refractivity contribution in [3.05, 3.63) is 35.4 Å². The summed E-state index contributed by atoms with van der Waals surface area (Å²) in [4.78, 5) is 0. The molecule has 0 aliphatic heterocycles. The van der Waals surface area contributed by atoms with Gasteiger partial charge in [0.25, 0.3) is 0 Å². The van der Waals surface area contributed by atoms with Crippen molar-refractivity contribution >= 4 is 0 Å². The average Bonchev–Trinajstić information content (AvgIpc) is 2.73. The van der Waals surface area contributed by atoms with Gasteiger partial charge in [-0.25, -0.2) is 0 Å². The Labute approximate surface area is 124 Å². The van der Waals surface area contributed by atoms with E-state index < -0.39 is 11.7 Å². The average molecular weight is 299 g/mol. The van der Waals surface area contributed by atoms with E-state index in [1.54, 1.807) is 0 Å². The van der Waals surface area contributed by atoms with Crippen LogP contribution in [-0.4, -0.2) is 13.6 Å². The van der Waals surface area contributed by atoms with Crippen LogP contribution in [0, 0.1) is 5.92 Å². The summed E-state index contributed by atoms with van der Waals surface area (Å²) in [6, 6.07) is 5.89. The molecule has 0 bridgehead atoms. The summed E-state index contributed by atoms with van der Waals surface area (Å²) in [6.07, 6.45) is 2.90. The highest BCUT2D eigenvalue weighted by Crippen LogP contribution is 2.37. The molecule has 2 rings (SSSR count). The number of nitrogens with one attached hydrogen (secondary N) is 1. The van der Waals surface area contributed by atoms with E-state index in [9.17, 15) is 13.2 Å². The second kappa shape index (κ2) is 7.30. The van der Waals surface area contributed by atoms with Crippen LogP contribution >= 0.6 is 0 Å². The highest BCUT2D eigenvalue weighted by molar-refractivity contribution is 5.29. The van der Waals surface area contributed by atoms with Crippen LogP contribution in [0.5, 0.6) is 0 Å². The van der Waals surface area contributed by atoms with Gasteiger partial charge in [-0.1, -0.05) is 43.9 Å². The first-order chi connectivity index (χ1) is 10.0. The molecule has 1 atom stereocenters. The number of benzene rings is 1. The summed E-state index contributed by atoms with van der Waals surface area (Å²) in [5, 5.41) is 3.16. The molecule has 21 heavy (non-hydrogen) atoms. The van der Waals surface area contributed by atoms with E-state index in [0.717, 1.165) is 31.0 Å². The molecule has 0 spiro atoms. The van der Waals surface area contributed by atoms with Gasteiger partial charge in [0.05, 0.1) is 5.56 Å². The van der Waals surface area contributed by atoms with Crippen LogP contribution in [-0.2, 0) is 6.18 Å². The molecule has 1 aromatic carbocycles. The Morgan fingerprint density at radius 3 is 2.38 bits per heavy atom. The first-order valence-electron chi connectivity index (χ1n) is 7.84. The SMILES string of the molecule is CNCC(c1cccc(C(F)(F)F)c1)C1CCCCCC1. The third kappa shape index (κ3) is 4.47. The topological polar surface area (TPSA) is 12.0 Å². The van der Waals surface area contributed by atoms with Gasteiger partial charge in [-0.3, -0.25) is 0 Å². The molecule has 0 saturated heterocycles. The van der Waals surface area contributed by atoms with E-state index in [1.165, 1.54) is 37.8 Å². The first kappa shape index (κ1) is 16.3. The van der Waals surface area contributed by atoms with Gasteiger partial charge in [0, 0.05) is 6.54 Å². The Bertz CT molecular complexity index is 434. The lowest BCUT2D eigenvalue weighted by molar-refractivity contribution is -0.137. The highest BCUT2D eigenvalue weighted by Gasteiger charge is 2.32. The van der Waals surface area contributed by atoms with Crippen LogP contribution in [0.15, 0.2) is 24.3 Å². The predicted molar refractivity (Wildman–Crippen MR) is 79.3 cm³/mol. The highest BCUT2D eigenvalue weighted by atomic mass is 19.4. The second-order valence-electron chi connectivity index (χ2n) is 6.04. The number of hydrogen-bond acceptors (Lipinski definition) is 1. The second-order valence-corrected chi connectivity index (χ2v) is 6.04. The molecule has 1 fully saturated rings. The minimum atomic E-state index is -4.26. The van der Waals surface area contributed by atoms with E-state index in [2.05, 4.69) is 5.32 Å². The van der Waals surface area contributed by atoms with Crippen molar-refractivity contribution in [2.75, 3.05) is 13.6 Å². The van der Waals surface area contributed by atoms with Crippen molar-refractivity contribution in [2.24, 2.45) is 5.92 Å². The molecule has 1 N–H and O–H groups in total. The fraction of sp³-hybridized carbons (Fsp3) is 0.647. The van der Waals surface area contributed by atoms with E-state index >= 15 is 0 Å². The van der Waals surface area contributed by atoms with Crippen molar-refractivity contribution in [3.8, 4) is 0 Å². The summed E-state index contributed by atoms with van der Waals surface area (Å²) in [5.74, 6) is 0.666. The Kier molecular flexibility index (Phi) is 5.68. The summed E-state index contributed by atoms with van der Waals surface area (Å²) in [7, 11) is 1.87.